The summed E-state index contributed by atoms with van der Waals surface area (Å²) in [5.41, 5.74) is 0. The lowest BCUT2D eigenvalue weighted by atomic mass is 9.82. The molecule has 1 saturated carbocycles. The molecule has 98 valence electrons. The van der Waals surface area contributed by atoms with Gasteiger partial charge in [0.1, 0.15) is 0 Å². The fraction of sp³-hybridized carbons (Fsp3) is 0.800. The lowest BCUT2D eigenvalue weighted by Crippen LogP contribution is -2.50. The second-order valence-electron chi connectivity index (χ2n) is 4.39. The highest BCUT2D eigenvalue weighted by molar-refractivity contribution is 5.82. The third-order valence-corrected chi connectivity index (χ3v) is 2.87. The molecule has 2 amide bonds. The first-order chi connectivity index (χ1) is 7.93. The molecule has 0 aromatic rings. The van der Waals surface area contributed by atoms with Crippen molar-refractivity contribution in [1.82, 2.24) is 10.2 Å². The minimum Gasteiger partial charge on any atom is -0.480 e. The number of rotatable bonds is 5. The predicted octanol–water partition coefficient (Wildman–Crippen LogP) is -1.16. The monoisotopic (exact) mass is 246 g/mol. The van der Waals surface area contributed by atoms with Crippen molar-refractivity contribution < 1.29 is 24.9 Å². The first kappa shape index (κ1) is 13.7. The number of amides is 2. The number of carbonyl (C=O) groups excluding carboxylic acids is 1. The lowest BCUT2D eigenvalue weighted by Gasteiger charge is -2.34. The second kappa shape index (κ2) is 5.83. The zero-order chi connectivity index (χ0) is 13.0. The number of aliphatic hydroxyl groups is 2. The number of aliphatic hydroxyl groups excluding tert-OH is 2. The van der Waals surface area contributed by atoms with Crippen LogP contribution >= 0.6 is 0 Å². The van der Waals surface area contributed by atoms with Gasteiger partial charge in [-0.15, -0.1) is 0 Å². The van der Waals surface area contributed by atoms with Gasteiger partial charge in [-0.2, -0.15) is 0 Å². The molecule has 0 saturated heterocycles. The molecule has 1 fully saturated rings. The first-order valence-electron chi connectivity index (χ1n) is 5.47. The topological polar surface area (TPSA) is 110 Å². The van der Waals surface area contributed by atoms with Crippen molar-refractivity contribution in [3.05, 3.63) is 0 Å². The molecule has 1 rings (SSSR count). The number of aliphatic carboxylic acids is 1. The molecule has 1 aliphatic carbocycles. The Morgan fingerprint density at radius 1 is 1.47 bits per heavy atom. The molecule has 0 spiro atoms. The van der Waals surface area contributed by atoms with Crippen LogP contribution in [0.25, 0.3) is 0 Å². The Hall–Kier alpha value is -1.34. The van der Waals surface area contributed by atoms with E-state index >= 15 is 0 Å². The number of urea groups is 1. The predicted molar refractivity (Wildman–Crippen MR) is 58.4 cm³/mol. The maximum atomic E-state index is 11.6. The van der Waals surface area contributed by atoms with Gasteiger partial charge in [0.05, 0.1) is 12.7 Å². The van der Waals surface area contributed by atoms with E-state index in [1.165, 1.54) is 4.90 Å². The van der Waals surface area contributed by atoms with Crippen LogP contribution in [0.1, 0.15) is 12.8 Å². The zero-order valence-electron chi connectivity index (χ0n) is 9.67. The van der Waals surface area contributed by atoms with Gasteiger partial charge in [0.25, 0.3) is 0 Å². The Kier molecular flexibility index (Phi) is 4.71. The summed E-state index contributed by atoms with van der Waals surface area (Å²) in [6, 6.07) is -1.82. The third-order valence-electron chi connectivity index (χ3n) is 2.87. The minimum atomic E-state index is -1.28. The summed E-state index contributed by atoms with van der Waals surface area (Å²) in [5.74, 6) is -1.01. The van der Waals surface area contributed by atoms with Gasteiger partial charge in [-0.3, -0.25) is 0 Å². The van der Waals surface area contributed by atoms with E-state index in [2.05, 4.69) is 5.32 Å². The second-order valence-corrected chi connectivity index (χ2v) is 4.39. The van der Waals surface area contributed by atoms with E-state index in [1.807, 2.05) is 0 Å². The van der Waals surface area contributed by atoms with Crippen LogP contribution in [0.2, 0.25) is 0 Å². The maximum Gasteiger partial charge on any atom is 0.328 e. The molecule has 0 aliphatic heterocycles. The summed E-state index contributed by atoms with van der Waals surface area (Å²) in [7, 11) is 1.55. The van der Waals surface area contributed by atoms with Gasteiger partial charge < -0.3 is 25.5 Å². The van der Waals surface area contributed by atoms with Crippen molar-refractivity contribution in [2.45, 2.75) is 25.0 Å². The number of carboxylic acid groups (broad SMARTS) is 1. The van der Waals surface area contributed by atoms with Crippen LogP contribution in [0, 0.1) is 5.92 Å². The van der Waals surface area contributed by atoms with Gasteiger partial charge >= 0.3 is 12.0 Å². The van der Waals surface area contributed by atoms with Gasteiger partial charge in [-0.25, -0.2) is 9.59 Å². The van der Waals surface area contributed by atoms with Crippen molar-refractivity contribution >= 4 is 12.0 Å². The normalized spacial score (nSPS) is 24.6. The fourth-order valence-electron chi connectivity index (χ4n) is 1.76. The van der Waals surface area contributed by atoms with E-state index < -0.39 is 24.6 Å². The average molecular weight is 246 g/mol. The van der Waals surface area contributed by atoms with E-state index in [4.69, 9.17) is 15.3 Å². The minimum absolute atomic E-state index is 0.262. The van der Waals surface area contributed by atoms with E-state index in [9.17, 15) is 9.59 Å². The van der Waals surface area contributed by atoms with Crippen molar-refractivity contribution in [2.75, 3.05) is 20.2 Å². The summed E-state index contributed by atoms with van der Waals surface area (Å²) in [4.78, 5) is 23.5. The van der Waals surface area contributed by atoms with Crippen LogP contribution < -0.4 is 5.32 Å². The van der Waals surface area contributed by atoms with E-state index in [0.29, 0.717) is 19.4 Å². The van der Waals surface area contributed by atoms with Crippen LogP contribution in [-0.4, -0.2) is 64.6 Å². The average Bonchev–Trinajstić information content (AvgIpc) is 2.22. The molecule has 0 radical (unpaired) electrons. The molecule has 7 nitrogen and oxygen atoms in total. The summed E-state index contributed by atoms with van der Waals surface area (Å²) in [6.07, 6.45) is 1.06. The van der Waals surface area contributed by atoms with Gasteiger partial charge in [0.2, 0.25) is 0 Å². The Morgan fingerprint density at radius 2 is 2.06 bits per heavy atom. The number of hydrogen-bond donors (Lipinski definition) is 4. The summed E-state index contributed by atoms with van der Waals surface area (Å²) < 4.78 is 0. The Labute approximate surface area is 99.0 Å². The van der Waals surface area contributed by atoms with Crippen molar-refractivity contribution in [2.24, 2.45) is 5.92 Å². The van der Waals surface area contributed by atoms with Gasteiger partial charge in [-0.1, -0.05) is 0 Å². The molecular weight excluding hydrogens is 228 g/mol. The highest BCUT2D eigenvalue weighted by atomic mass is 16.4. The van der Waals surface area contributed by atoms with Crippen molar-refractivity contribution in [1.29, 1.82) is 0 Å². The smallest absolute Gasteiger partial charge is 0.328 e. The quantitative estimate of drug-likeness (QED) is 0.489. The van der Waals surface area contributed by atoms with Crippen molar-refractivity contribution in [3.63, 3.8) is 0 Å². The highest BCUT2D eigenvalue weighted by Gasteiger charge is 2.29. The molecule has 17 heavy (non-hydrogen) atoms. The molecule has 0 heterocycles. The highest BCUT2D eigenvalue weighted by Crippen LogP contribution is 2.27. The third kappa shape index (κ3) is 3.86. The molecule has 0 aromatic carbocycles. The molecule has 0 aromatic heterocycles. The van der Waals surface area contributed by atoms with Crippen molar-refractivity contribution in [3.8, 4) is 0 Å². The van der Waals surface area contributed by atoms with Crippen LogP contribution in [0.4, 0.5) is 4.79 Å². The lowest BCUT2D eigenvalue weighted by molar-refractivity contribution is -0.140. The van der Waals surface area contributed by atoms with Gasteiger partial charge in [0.15, 0.2) is 6.04 Å². The van der Waals surface area contributed by atoms with E-state index in [0.717, 1.165) is 0 Å². The molecule has 0 bridgehead atoms. The zero-order valence-corrected chi connectivity index (χ0v) is 9.67. The number of carboxylic acids is 1. The van der Waals surface area contributed by atoms with Crippen LogP contribution in [-0.2, 0) is 4.79 Å². The van der Waals surface area contributed by atoms with Crippen LogP contribution in [0.15, 0.2) is 0 Å². The number of carbonyl (C=O) groups is 2. The van der Waals surface area contributed by atoms with E-state index in [-0.39, 0.29) is 12.0 Å². The molecule has 1 atom stereocenters. The first-order valence-corrected chi connectivity index (χ1v) is 5.47. The molecule has 7 heteroatoms. The fourth-order valence-corrected chi connectivity index (χ4v) is 1.76. The van der Waals surface area contributed by atoms with Gasteiger partial charge in [0, 0.05) is 13.6 Å². The van der Waals surface area contributed by atoms with Gasteiger partial charge in [-0.05, 0) is 18.8 Å². The number of nitrogens with zero attached hydrogens (tertiary/aromatic N) is 1. The van der Waals surface area contributed by atoms with E-state index in [1.54, 1.807) is 7.05 Å². The summed E-state index contributed by atoms with van der Waals surface area (Å²) in [6.45, 7) is -0.169. The molecule has 1 aliphatic rings. The molecule has 4 N–H and O–H groups in total. The Morgan fingerprint density at radius 3 is 2.47 bits per heavy atom. The number of hydrogen-bond acceptors (Lipinski definition) is 4. The number of nitrogens with one attached hydrogen (secondary N) is 1. The Bertz CT molecular complexity index is 290. The summed E-state index contributed by atoms with van der Waals surface area (Å²) >= 11 is 0. The SMILES string of the molecule is CN(CC1CC(O)C1)C(=O)N[C@@H](CO)C(=O)O. The van der Waals surface area contributed by atoms with Crippen LogP contribution in [0.5, 0.6) is 0 Å². The maximum absolute atomic E-state index is 11.6. The van der Waals surface area contributed by atoms with Crippen LogP contribution in [0.3, 0.4) is 0 Å². The Balaban J connectivity index is 2.33. The largest absolute Gasteiger partial charge is 0.480 e. The molecular formula is C10H18N2O5. The summed E-state index contributed by atoms with van der Waals surface area (Å²) in [5, 5.41) is 28.7. The standard InChI is InChI=1S/C10H18N2O5/c1-12(4-6-2-7(14)3-6)10(17)11-8(5-13)9(15)16/h6-8,13-14H,2-5H2,1H3,(H,11,17)(H,15,16)/t6?,7?,8-/m0/s1. The molecule has 0 unspecified atom stereocenters.